The molecule has 5 unspecified atom stereocenters. The summed E-state index contributed by atoms with van der Waals surface area (Å²) in [6.45, 7) is 6.25. The molecule has 5 atom stereocenters. The van der Waals surface area contributed by atoms with Crippen LogP contribution >= 0.6 is 0 Å². The number of carboxylic acid groups (broad SMARTS) is 1. The van der Waals surface area contributed by atoms with Crippen molar-refractivity contribution in [3.8, 4) is 0 Å². The zero-order chi connectivity index (χ0) is 12.8. The Morgan fingerprint density at radius 2 is 1.94 bits per heavy atom. The minimum absolute atomic E-state index is 0.177. The number of aliphatic hydroxyl groups is 1. The van der Waals surface area contributed by atoms with Crippen LogP contribution in [0.3, 0.4) is 0 Å². The number of carbonyl (C=O) groups is 1. The second kappa shape index (κ2) is 4.27. The van der Waals surface area contributed by atoms with Gasteiger partial charge in [0.2, 0.25) is 0 Å². The maximum Gasteiger partial charge on any atom is 0.306 e. The molecule has 2 aliphatic rings. The molecular formula is C14H24O3. The van der Waals surface area contributed by atoms with E-state index in [2.05, 4.69) is 13.8 Å². The van der Waals surface area contributed by atoms with E-state index in [1.165, 1.54) is 0 Å². The summed E-state index contributed by atoms with van der Waals surface area (Å²) in [5.41, 5.74) is -0.653. The number of carboxylic acids is 1. The zero-order valence-corrected chi connectivity index (χ0v) is 11.0. The zero-order valence-electron chi connectivity index (χ0n) is 11.0. The predicted molar refractivity (Wildman–Crippen MR) is 65.5 cm³/mol. The van der Waals surface area contributed by atoms with Gasteiger partial charge in [0.1, 0.15) is 0 Å². The van der Waals surface area contributed by atoms with Gasteiger partial charge in [-0.1, -0.05) is 13.8 Å². The number of rotatable bonds is 2. The van der Waals surface area contributed by atoms with E-state index in [0.717, 1.165) is 25.7 Å². The van der Waals surface area contributed by atoms with E-state index in [4.69, 9.17) is 0 Å². The highest BCUT2D eigenvalue weighted by molar-refractivity contribution is 5.71. The number of fused-ring (bicyclic) bond motifs is 1. The summed E-state index contributed by atoms with van der Waals surface area (Å²) in [4.78, 5) is 11.4. The molecule has 17 heavy (non-hydrogen) atoms. The van der Waals surface area contributed by atoms with Crippen LogP contribution in [-0.4, -0.2) is 21.8 Å². The van der Waals surface area contributed by atoms with Crippen molar-refractivity contribution in [1.29, 1.82) is 0 Å². The van der Waals surface area contributed by atoms with Gasteiger partial charge in [-0.3, -0.25) is 4.79 Å². The van der Waals surface area contributed by atoms with Crippen molar-refractivity contribution in [2.75, 3.05) is 0 Å². The molecule has 0 aliphatic heterocycles. The van der Waals surface area contributed by atoms with E-state index in [0.29, 0.717) is 11.8 Å². The van der Waals surface area contributed by atoms with Gasteiger partial charge in [-0.15, -0.1) is 0 Å². The van der Waals surface area contributed by atoms with Crippen LogP contribution in [0.2, 0.25) is 0 Å². The molecule has 2 fully saturated rings. The van der Waals surface area contributed by atoms with Crippen LogP contribution in [0.4, 0.5) is 0 Å². The summed E-state index contributed by atoms with van der Waals surface area (Å²) in [5, 5.41) is 19.8. The molecule has 2 saturated carbocycles. The molecule has 0 bridgehead atoms. The van der Waals surface area contributed by atoms with Crippen molar-refractivity contribution in [3.05, 3.63) is 0 Å². The monoisotopic (exact) mass is 240 g/mol. The van der Waals surface area contributed by atoms with Gasteiger partial charge >= 0.3 is 5.97 Å². The van der Waals surface area contributed by atoms with Gasteiger partial charge in [0.15, 0.2) is 0 Å². The highest BCUT2D eigenvalue weighted by Crippen LogP contribution is 2.54. The summed E-state index contributed by atoms with van der Waals surface area (Å²) in [7, 11) is 0. The molecular weight excluding hydrogens is 216 g/mol. The first kappa shape index (κ1) is 12.9. The maximum atomic E-state index is 11.4. The van der Waals surface area contributed by atoms with E-state index in [1.807, 2.05) is 6.92 Å². The van der Waals surface area contributed by atoms with Crippen molar-refractivity contribution < 1.29 is 15.0 Å². The van der Waals surface area contributed by atoms with Crippen LogP contribution in [0.1, 0.15) is 46.5 Å². The van der Waals surface area contributed by atoms with Crippen molar-refractivity contribution in [3.63, 3.8) is 0 Å². The largest absolute Gasteiger partial charge is 0.481 e. The van der Waals surface area contributed by atoms with Gasteiger partial charge in [-0.05, 0) is 56.3 Å². The number of aliphatic carboxylic acids is 1. The second-order valence-corrected chi connectivity index (χ2v) is 6.51. The Morgan fingerprint density at radius 1 is 1.29 bits per heavy atom. The third-order valence-electron chi connectivity index (χ3n) is 5.17. The van der Waals surface area contributed by atoms with Crippen LogP contribution in [0.5, 0.6) is 0 Å². The topological polar surface area (TPSA) is 57.5 Å². The molecule has 0 saturated heterocycles. The average Bonchev–Trinajstić information content (AvgIpc) is 2.62. The summed E-state index contributed by atoms with van der Waals surface area (Å²) in [6.07, 6.45) is 3.40. The van der Waals surface area contributed by atoms with Crippen molar-refractivity contribution >= 4 is 5.97 Å². The Morgan fingerprint density at radius 3 is 2.47 bits per heavy atom. The Balaban J connectivity index is 2.28. The SMILES string of the molecule is CC(C)C1CCC(C)(O)C2CCC(C(=O)O)C12. The average molecular weight is 240 g/mol. The molecule has 0 radical (unpaired) electrons. The lowest BCUT2D eigenvalue weighted by Gasteiger charge is -2.46. The Kier molecular flexibility index (Phi) is 3.23. The van der Waals surface area contributed by atoms with E-state index >= 15 is 0 Å². The maximum absolute atomic E-state index is 11.4. The molecule has 2 N–H and O–H groups in total. The summed E-state index contributed by atoms with van der Waals surface area (Å²) < 4.78 is 0. The summed E-state index contributed by atoms with van der Waals surface area (Å²) >= 11 is 0. The molecule has 0 spiro atoms. The normalized spacial score (nSPS) is 45.9. The molecule has 98 valence electrons. The van der Waals surface area contributed by atoms with Crippen molar-refractivity contribution in [2.24, 2.45) is 29.6 Å². The highest BCUT2D eigenvalue weighted by Gasteiger charge is 2.54. The van der Waals surface area contributed by atoms with Gasteiger partial charge < -0.3 is 10.2 Å². The summed E-state index contributed by atoms with van der Waals surface area (Å²) in [6, 6.07) is 0. The predicted octanol–water partition coefficient (Wildman–Crippen LogP) is 2.53. The van der Waals surface area contributed by atoms with Crippen LogP contribution < -0.4 is 0 Å². The van der Waals surface area contributed by atoms with Crippen molar-refractivity contribution in [1.82, 2.24) is 0 Å². The lowest BCUT2D eigenvalue weighted by Crippen LogP contribution is -2.47. The minimum Gasteiger partial charge on any atom is -0.481 e. The van der Waals surface area contributed by atoms with Gasteiger partial charge in [0, 0.05) is 0 Å². The van der Waals surface area contributed by atoms with Crippen molar-refractivity contribution in [2.45, 2.75) is 52.1 Å². The molecule has 2 aliphatic carbocycles. The molecule has 0 amide bonds. The second-order valence-electron chi connectivity index (χ2n) is 6.51. The standard InChI is InChI=1S/C14H24O3/c1-8(2)9-6-7-14(3,17)11-5-4-10(12(9)11)13(15)16/h8-12,17H,4-7H2,1-3H3,(H,15,16). The van der Waals surface area contributed by atoms with Crippen LogP contribution in [-0.2, 0) is 4.79 Å². The molecule has 2 rings (SSSR count). The fourth-order valence-corrected chi connectivity index (χ4v) is 4.25. The van der Waals surface area contributed by atoms with E-state index in [-0.39, 0.29) is 17.8 Å². The Hall–Kier alpha value is -0.570. The quantitative estimate of drug-likeness (QED) is 0.779. The molecule has 0 heterocycles. The molecule has 3 heteroatoms. The smallest absolute Gasteiger partial charge is 0.306 e. The first-order valence-corrected chi connectivity index (χ1v) is 6.80. The Bertz CT molecular complexity index is 309. The highest BCUT2D eigenvalue weighted by atomic mass is 16.4. The first-order chi connectivity index (χ1) is 7.84. The van der Waals surface area contributed by atoms with Gasteiger partial charge in [-0.25, -0.2) is 0 Å². The van der Waals surface area contributed by atoms with Gasteiger partial charge in [0.05, 0.1) is 11.5 Å². The molecule has 0 aromatic rings. The molecule has 0 aromatic heterocycles. The molecule has 3 nitrogen and oxygen atoms in total. The first-order valence-electron chi connectivity index (χ1n) is 6.80. The van der Waals surface area contributed by atoms with E-state index < -0.39 is 11.6 Å². The summed E-state index contributed by atoms with van der Waals surface area (Å²) in [5.74, 6) is 0.434. The lowest BCUT2D eigenvalue weighted by atomic mass is 9.61. The third-order valence-corrected chi connectivity index (χ3v) is 5.17. The fourth-order valence-electron chi connectivity index (χ4n) is 4.25. The minimum atomic E-state index is -0.666. The van der Waals surface area contributed by atoms with E-state index in [1.54, 1.807) is 0 Å². The van der Waals surface area contributed by atoms with Crippen LogP contribution in [0.15, 0.2) is 0 Å². The Labute approximate surface area is 103 Å². The molecule has 0 aromatic carbocycles. The fraction of sp³-hybridized carbons (Fsp3) is 0.929. The van der Waals surface area contributed by atoms with Gasteiger partial charge in [-0.2, -0.15) is 0 Å². The van der Waals surface area contributed by atoms with Gasteiger partial charge in [0.25, 0.3) is 0 Å². The number of hydrogen-bond donors (Lipinski definition) is 2. The van der Waals surface area contributed by atoms with Crippen LogP contribution in [0.25, 0.3) is 0 Å². The lowest BCUT2D eigenvalue weighted by molar-refractivity contribution is -0.147. The number of hydrogen-bond acceptors (Lipinski definition) is 2. The van der Waals surface area contributed by atoms with E-state index in [9.17, 15) is 15.0 Å². The third kappa shape index (κ3) is 2.10. The van der Waals surface area contributed by atoms with Crippen LogP contribution in [0, 0.1) is 29.6 Å².